The zero-order valence-electron chi connectivity index (χ0n) is 11.8. The molecule has 0 atom stereocenters. The Morgan fingerprint density at radius 1 is 0.762 bits per heavy atom. The summed E-state index contributed by atoms with van der Waals surface area (Å²) in [7, 11) is 0. The van der Waals surface area contributed by atoms with E-state index in [4.69, 9.17) is 0 Å². The predicted molar refractivity (Wildman–Crippen MR) is 82.2 cm³/mol. The van der Waals surface area contributed by atoms with Gasteiger partial charge in [0.05, 0.1) is 0 Å². The number of aromatic nitrogens is 2. The van der Waals surface area contributed by atoms with Crippen LogP contribution in [0, 0.1) is 5.82 Å². The van der Waals surface area contributed by atoms with E-state index in [1.54, 1.807) is 12.1 Å². The molecule has 2 aromatic carbocycles. The molecule has 104 valence electrons. The second-order valence-electron chi connectivity index (χ2n) is 4.85. The number of aryl methyl sites for hydroxylation is 1. The predicted octanol–water partition coefficient (Wildman–Crippen LogP) is 4.51. The summed E-state index contributed by atoms with van der Waals surface area (Å²) in [5.41, 5.74) is 4.14. The van der Waals surface area contributed by atoms with Crippen LogP contribution < -0.4 is 0 Å². The van der Waals surface area contributed by atoms with E-state index in [0.29, 0.717) is 0 Å². The van der Waals surface area contributed by atoms with Gasteiger partial charge in [-0.05, 0) is 35.2 Å². The third kappa shape index (κ3) is 2.97. The van der Waals surface area contributed by atoms with Crippen molar-refractivity contribution in [1.82, 2.24) is 9.97 Å². The van der Waals surface area contributed by atoms with Crippen LogP contribution in [0.1, 0.15) is 12.5 Å². The normalized spacial score (nSPS) is 10.6. The Morgan fingerprint density at radius 3 is 1.76 bits per heavy atom. The van der Waals surface area contributed by atoms with Crippen LogP contribution in [-0.4, -0.2) is 9.97 Å². The highest BCUT2D eigenvalue weighted by atomic mass is 19.1. The van der Waals surface area contributed by atoms with E-state index in [2.05, 4.69) is 16.9 Å². The minimum atomic E-state index is -0.222. The van der Waals surface area contributed by atoms with Gasteiger partial charge < -0.3 is 0 Å². The van der Waals surface area contributed by atoms with Crippen LogP contribution in [0.15, 0.2) is 60.9 Å². The van der Waals surface area contributed by atoms with Crippen LogP contribution in [0.2, 0.25) is 0 Å². The highest BCUT2D eigenvalue weighted by Crippen LogP contribution is 2.23. The van der Waals surface area contributed by atoms with Crippen molar-refractivity contribution in [3.8, 4) is 22.5 Å². The molecule has 0 spiro atoms. The van der Waals surface area contributed by atoms with Crippen LogP contribution in [0.3, 0.4) is 0 Å². The summed E-state index contributed by atoms with van der Waals surface area (Å²) in [6.07, 6.45) is 4.65. The van der Waals surface area contributed by atoms with E-state index in [-0.39, 0.29) is 5.82 Å². The number of hydrogen-bond donors (Lipinski definition) is 0. The van der Waals surface area contributed by atoms with Gasteiger partial charge in [0.1, 0.15) is 5.82 Å². The van der Waals surface area contributed by atoms with E-state index in [1.807, 2.05) is 36.7 Å². The monoisotopic (exact) mass is 278 g/mol. The Bertz CT molecular complexity index is 717. The second-order valence-corrected chi connectivity index (χ2v) is 4.85. The molecule has 1 heterocycles. The highest BCUT2D eigenvalue weighted by Gasteiger charge is 2.03. The van der Waals surface area contributed by atoms with Crippen LogP contribution in [0.4, 0.5) is 4.39 Å². The lowest BCUT2D eigenvalue weighted by Crippen LogP contribution is -1.91. The van der Waals surface area contributed by atoms with E-state index >= 15 is 0 Å². The molecule has 0 bridgehead atoms. The molecular weight excluding hydrogens is 263 g/mol. The zero-order valence-corrected chi connectivity index (χ0v) is 11.8. The quantitative estimate of drug-likeness (QED) is 0.704. The fourth-order valence-corrected chi connectivity index (χ4v) is 2.14. The highest BCUT2D eigenvalue weighted by molar-refractivity contribution is 5.67. The minimum Gasteiger partial charge on any atom is -0.236 e. The molecule has 21 heavy (non-hydrogen) atoms. The Hall–Kier alpha value is -2.55. The Morgan fingerprint density at radius 2 is 1.24 bits per heavy atom. The third-order valence-electron chi connectivity index (χ3n) is 3.43. The van der Waals surface area contributed by atoms with Crippen molar-refractivity contribution >= 4 is 0 Å². The zero-order chi connectivity index (χ0) is 14.7. The smallest absolute Gasteiger partial charge is 0.159 e. The SMILES string of the molecule is CCc1cnc(-c2ccc(-c3ccc(F)cc3)cc2)nc1. The molecule has 3 rings (SSSR count). The first-order valence-corrected chi connectivity index (χ1v) is 6.93. The topological polar surface area (TPSA) is 25.8 Å². The van der Waals surface area contributed by atoms with Gasteiger partial charge in [-0.3, -0.25) is 0 Å². The first-order valence-electron chi connectivity index (χ1n) is 6.93. The number of halogens is 1. The lowest BCUT2D eigenvalue weighted by atomic mass is 10.0. The van der Waals surface area contributed by atoms with E-state index < -0.39 is 0 Å². The van der Waals surface area contributed by atoms with Gasteiger partial charge in [0.15, 0.2) is 5.82 Å². The summed E-state index contributed by atoms with van der Waals surface area (Å²) in [5, 5.41) is 0. The number of nitrogens with zero attached hydrogens (tertiary/aromatic N) is 2. The molecule has 0 radical (unpaired) electrons. The van der Waals surface area contributed by atoms with Crippen LogP contribution in [0.25, 0.3) is 22.5 Å². The van der Waals surface area contributed by atoms with Crippen LogP contribution >= 0.6 is 0 Å². The molecule has 0 unspecified atom stereocenters. The molecule has 2 nitrogen and oxygen atoms in total. The first-order chi connectivity index (χ1) is 10.3. The van der Waals surface area contributed by atoms with Crippen molar-refractivity contribution in [2.24, 2.45) is 0 Å². The molecule has 0 fully saturated rings. The van der Waals surface area contributed by atoms with E-state index in [1.165, 1.54) is 12.1 Å². The van der Waals surface area contributed by atoms with Gasteiger partial charge in [0.25, 0.3) is 0 Å². The Kier molecular flexibility index (Phi) is 3.73. The largest absolute Gasteiger partial charge is 0.236 e. The fourth-order valence-electron chi connectivity index (χ4n) is 2.14. The maximum absolute atomic E-state index is 12.9. The van der Waals surface area contributed by atoms with Gasteiger partial charge in [-0.1, -0.05) is 43.3 Å². The fraction of sp³-hybridized carbons (Fsp3) is 0.111. The Labute approximate surface area is 123 Å². The maximum Gasteiger partial charge on any atom is 0.159 e. The molecule has 3 heteroatoms. The lowest BCUT2D eigenvalue weighted by Gasteiger charge is -2.04. The van der Waals surface area contributed by atoms with E-state index in [9.17, 15) is 4.39 Å². The number of benzene rings is 2. The van der Waals surface area contributed by atoms with Crippen molar-refractivity contribution in [3.05, 3.63) is 72.3 Å². The van der Waals surface area contributed by atoms with Gasteiger partial charge in [0, 0.05) is 18.0 Å². The molecule has 0 amide bonds. The summed E-state index contributed by atoms with van der Waals surface area (Å²) in [6.45, 7) is 2.08. The summed E-state index contributed by atoms with van der Waals surface area (Å²) >= 11 is 0. The number of rotatable bonds is 3. The standard InChI is InChI=1S/C18H15FN2/c1-2-13-11-20-18(21-12-13)16-5-3-14(4-6-16)15-7-9-17(19)10-8-15/h3-12H,2H2,1H3. The van der Waals surface area contributed by atoms with Gasteiger partial charge in [-0.15, -0.1) is 0 Å². The van der Waals surface area contributed by atoms with Crippen molar-refractivity contribution < 1.29 is 4.39 Å². The molecule has 0 aliphatic carbocycles. The molecule has 3 aromatic rings. The van der Waals surface area contributed by atoms with Gasteiger partial charge in [-0.2, -0.15) is 0 Å². The molecular formula is C18H15FN2. The average molecular weight is 278 g/mol. The van der Waals surface area contributed by atoms with Gasteiger partial charge in [-0.25, -0.2) is 14.4 Å². The van der Waals surface area contributed by atoms with Crippen LogP contribution in [-0.2, 0) is 6.42 Å². The van der Waals surface area contributed by atoms with Crippen LogP contribution in [0.5, 0.6) is 0 Å². The molecule has 0 saturated heterocycles. The maximum atomic E-state index is 12.9. The minimum absolute atomic E-state index is 0.222. The molecule has 1 aromatic heterocycles. The van der Waals surface area contributed by atoms with Crippen molar-refractivity contribution in [2.45, 2.75) is 13.3 Å². The Balaban J connectivity index is 1.87. The third-order valence-corrected chi connectivity index (χ3v) is 3.43. The molecule has 0 saturated carbocycles. The van der Waals surface area contributed by atoms with Crippen molar-refractivity contribution in [2.75, 3.05) is 0 Å². The summed E-state index contributed by atoms with van der Waals surface area (Å²) < 4.78 is 12.9. The second kappa shape index (κ2) is 5.83. The van der Waals surface area contributed by atoms with Crippen molar-refractivity contribution in [3.63, 3.8) is 0 Å². The summed E-state index contributed by atoms with van der Waals surface area (Å²) in [6, 6.07) is 14.5. The first kappa shape index (κ1) is 13.4. The van der Waals surface area contributed by atoms with Crippen molar-refractivity contribution in [1.29, 1.82) is 0 Å². The molecule has 0 aliphatic rings. The van der Waals surface area contributed by atoms with E-state index in [0.717, 1.165) is 34.5 Å². The summed E-state index contributed by atoms with van der Waals surface area (Å²) in [5.74, 6) is 0.498. The van der Waals surface area contributed by atoms with Gasteiger partial charge >= 0.3 is 0 Å². The summed E-state index contributed by atoms with van der Waals surface area (Å²) in [4.78, 5) is 8.75. The lowest BCUT2D eigenvalue weighted by molar-refractivity contribution is 0.628. The molecule has 0 N–H and O–H groups in total. The average Bonchev–Trinajstić information content (AvgIpc) is 2.56. The van der Waals surface area contributed by atoms with Gasteiger partial charge in [0.2, 0.25) is 0 Å². The molecule has 0 aliphatic heterocycles. The number of hydrogen-bond acceptors (Lipinski definition) is 2.